The number of carbonyl (C=O) groups excluding carboxylic acids is 1. The minimum absolute atomic E-state index is 0.0462. The molecule has 0 bridgehead atoms. The maximum absolute atomic E-state index is 12.5. The molecule has 1 fully saturated rings. The molecule has 3 rings (SSSR count). The first-order valence-corrected chi connectivity index (χ1v) is 10.5. The Bertz CT molecular complexity index is 1050. The summed E-state index contributed by atoms with van der Waals surface area (Å²) in [6, 6.07) is 10.9. The molecule has 27 heavy (non-hydrogen) atoms. The Morgan fingerprint density at radius 2 is 2.04 bits per heavy atom. The van der Waals surface area contributed by atoms with Gasteiger partial charge in [0.1, 0.15) is 4.90 Å². The van der Waals surface area contributed by atoms with E-state index in [0.717, 1.165) is 5.56 Å². The van der Waals surface area contributed by atoms with Crippen molar-refractivity contribution in [3.05, 3.63) is 58.6 Å². The summed E-state index contributed by atoms with van der Waals surface area (Å²) in [7, 11) is -4.07. The minimum Gasteiger partial charge on any atom is -0.378 e. The van der Waals surface area contributed by atoms with Gasteiger partial charge in [0.15, 0.2) is 10.9 Å². The number of nitrogens with one attached hydrogen (secondary N) is 1. The Morgan fingerprint density at radius 3 is 2.74 bits per heavy atom. The molecule has 2 aromatic rings. The van der Waals surface area contributed by atoms with Crippen molar-refractivity contribution in [1.29, 1.82) is 0 Å². The zero-order valence-corrected chi connectivity index (χ0v) is 16.4. The van der Waals surface area contributed by atoms with E-state index < -0.39 is 10.1 Å². The SMILES string of the molecule is Cc1ccc(S(=O)(=O)Oc2ccccc2/C=N\N=C2/NC(=O)CS2)cc1Cl. The molecule has 0 saturated carbocycles. The molecular weight excluding hydrogens is 410 g/mol. The fourth-order valence-electron chi connectivity index (χ4n) is 2.08. The first kappa shape index (κ1) is 19.4. The van der Waals surface area contributed by atoms with Gasteiger partial charge in [0, 0.05) is 10.6 Å². The van der Waals surface area contributed by atoms with Crippen LogP contribution in [0.4, 0.5) is 0 Å². The number of para-hydroxylation sites is 1. The smallest absolute Gasteiger partial charge is 0.339 e. The molecule has 1 amide bonds. The van der Waals surface area contributed by atoms with E-state index in [0.29, 0.717) is 21.5 Å². The van der Waals surface area contributed by atoms with Crippen LogP contribution in [0.5, 0.6) is 5.75 Å². The van der Waals surface area contributed by atoms with Crippen LogP contribution >= 0.6 is 23.4 Å². The van der Waals surface area contributed by atoms with Crippen LogP contribution in [0.2, 0.25) is 5.02 Å². The summed E-state index contributed by atoms with van der Waals surface area (Å²) >= 11 is 7.24. The number of benzene rings is 2. The molecule has 1 N–H and O–H groups in total. The lowest BCUT2D eigenvalue weighted by Crippen LogP contribution is -2.19. The standard InChI is InChI=1S/C17H14ClN3O4S2/c1-11-6-7-13(8-14(11)18)27(23,24)25-15-5-3-2-4-12(15)9-19-21-17-20-16(22)10-26-17/h2-9H,10H2,1H3,(H,20,21,22)/b19-9-. The second-order valence-electron chi connectivity index (χ2n) is 5.47. The van der Waals surface area contributed by atoms with Gasteiger partial charge in [0.25, 0.3) is 0 Å². The number of nitrogens with zero attached hydrogens (tertiary/aromatic N) is 2. The number of amides is 1. The third-order valence-electron chi connectivity index (χ3n) is 3.48. The summed E-state index contributed by atoms with van der Waals surface area (Å²) in [5.74, 6) is 0.257. The van der Waals surface area contributed by atoms with Crippen molar-refractivity contribution in [1.82, 2.24) is 5.32 Å². The Morgan fingerprint density at radius 1 is 1.26 bits per heavy atom. The molecule has 2 aromatic carbocycles. The molecule has 1 heterocycles. The predicted octanol–water partition coefficient (Wildman–Crippen LogP) is 2.97. The van der Waals surface area contributed by atoms with Gasteiger partial charge in [-0.1, -0.05) is 41.6 Å². The van der Waals surface area contributed by atoms with Gasteiger partial charge in [0.05, 0.1) is 12.0 Å². The molecule has 7 nitrogen and oxygen atoms in total. The van der Waals surface area contributed by atoms with Crippen molar-refractivity contribution in [3.8, 4) is 5.75 Å². The normalized spacial score (nSPS) is 16.1. The van der Waals surface area contributed by atoms with Crippen LogP contribution in [0.25, 0.3) is 0 Å². The van der Waals surface area contributed by atoms with E-state index in [1.165, 1.54) is 36.2 Å². The van der Waals surface area contributed by atoms with Gasteiger partial charge >= 0.3 is 10.1 Å². The van der Waals surface area contributed by atoms with Crippen molar-refractivity contribution >= 4 is 50.8 Å². The lowest BCUT2D eigenvalue weighted by Gasteiger charge is -2.10. The van der Waals surface area contributed by atoms with Crippen LogP contribution in [-0.4, -0.2) is 31.5 Å². The number of aryl methyl sites for hydroxylation is 1. The van der Waals surface area contributed by atoms with Crippen molar-refractivity contribution in [2.24, 2.45) is 10.2 Å². The highest BCUT2D eigenvalue weighted by Crippen LogP contribution is 2.25. The fourth-order valence-corrected chi connectivity index (χ4v) is 3.94. The van der Waals surface area contributed by atoms with Gasteiger partial charge in [-0.15, -0.1) is 5.10 Å². The number of hydrogen-bond donors (Lipinski definition) is 1. The summed E-state index contributed by atoms with van der Waals surface area (Å²) < 4.78 is 30.3. The zero-order chi connectivity index (χ0) is 19.4. The molecule has 140 valence electrons. The number of carbonyl (C=O) groups is 1. The van der Waals surface area contributed by atoms with Crippen molar-refractivity contribution < 1.29 is 17.4 Å². The Hall–Kier alpha value is -2.36. The van der Waals surface area contributed by atoms with Gasteiger partial charge < -0.3 is 9.50 Å². The third kappa shape index (κ3) is 4.88. The third-order valence-corrected chi connectivity index (χ3v) is 5.98. The van der Waals surface area contributed by atoms with E-state index in [1.807, 2.05) is 0 Å². The van der Waals surface area contributed by atoms with E-state index in [2.05, 4.69) is 15.5 Å². The van der Waals surface area contributed by atoms with Crippen LogP contribution in [-0.2, 0) is 14.9 Å². The van der Waals surface area contributed by atoms with Gasteiger partial charge in [-0.3, -0.25) is 4.79 Å². The van der Waals surface area contributed by atoms with E-state index >= 15 is 0 Å². The summed E-state index contributed by atoms with van der Waals surface area (Å²) in [5.41, 5.74) is 1.18. The maximum atomic E-state index is 12.5. The molecule has 0 aliphatic carbocycles. The van der Waals surface area contributed by atoms with E-state index in [9.17, 15) is 13.2 Å². The van der Waals surface area contributed by atoms with Gasteiger partial charge in [0.2, 0.25) is 5.91 Å². The highest BCUT2D eigenvalue weighted by molar-refractivity contribution is 8.15. The summed E-state index contributed by atoms with van der Waals surface area (Å²) in [6.45, 7) is 1.78. The van der Waals surface area contributed by atoms with Gasteiger partial charge in [-0.05, 0) is 36.8 Å². The fraction of sp³-hybridized carbons (Fsp3) is 0.118. The average molecular weight is 424 g/mol. The molecule has 10 heteroatoms. The number of halogens is 1. The monoisotopic (exact) mass is 423 g/mol. The van der Waals surface area contributed by atoms with E-state index in [-0.39, 0.29) is 16.6 Å². The van der Waals surface area contributed by atoms with Gasteiger partial charge in [-0.2, -0.15) is 13.5 Å². The Kier molecular flexibility index (Phi) is 5.83. The second-order valence-corrected chi connectivity index (χ2v) is 8.39. The Balaban J connectivity index is 1.83. The first-order chi connectivity index (χ1) is 12.8. The van der Waals surface area contributed by atoms with Crippen LogP contribution < -0.4 is 9.50 Å². The quantitative estimate of drug-likeness (QED) is 0.453. The molecule has 0 atom stereocenters. The molecular formula is C17H14ClN3O4S2. The molecule has 1 aliphatic heterocycles. The van der Waals surface area contributed by atoms with Crippen LogP contribution in [0, 0.1) is 6.92 Å². The van der Waals surface area contributed by atoms with Crippen molar-refractivity contribution in [3.63, 3.8) is 0 Å². The minimum atomic E-state index is -4.07. The molecule has 0 aromatic heterocycles. The van der Waals surface area contributed by atoms with E-state index in [1.54, 1.807) is 31.2 Å². The first-order valence-electron chi connectivity index (χ1n) is 7.68. The maximum Gasteiger partial charge on any atom is 0.339 e. The number of hydrogen-bond acceptors (Lipinski definition) is 7. The number of thioether (sulfide) groups is 1. The van der Waals surface area contributed by atoms with Crippen LogP contribution in [0.3, 0.4) is 0 Å². The van der Waals surface area contributed by atoms with Gasteiger partial charge in [-0.25, -0.2) is 0 Å². The van der Waals surface area contributed by atoms with Crippen LogP contribution in [0.15, 0.2) is 57.6 Å². The number of amidine groups is 1. The van der Waals surface area contributed by atoms with Crippen molar-refractivity contribution in [2.75, 3.05) is 5.75 Å². The molecule has 0 unspecified atom stereocenters. The molecule has 0 spiro atoms. The molecule has 0 radical (unpaired) electrons. The van der Waals surface area contributed by atoms with Crippen molar-refractivity contribution in [2.45, 2.75) is 11.8 Å². The largest absolute Gasteiger partial charge is 0.378 e. The summed E-state index contributed by atoms with van der Waals surface area (Å²) in [5, 5.41) is 11.0. The number of rotatable bonds is 5. The predicted molar refractivity (Wildman–Crippen MR) is 106 cm³/mol. The van der Waals surface area contributed by atoms with Crippen LogP contribution in [0.1, 0.15) is 11.1 Å². The lowest BCUT2D eigenvalue weighted by atomic mass is 10.2. The highest BCUT2D eigenvalue weighted by atomic mass is 35.5. The molecule has 1 saturated heterocycles. The second kappa shape index (κ2) is 8.12. The average Bonchev–Trinajstić information content (AvgIpc) is 3.04. The Labute approximate surface area is 165 Å². The molecule has 1 aliphatic rings. The highest BCUT2D eigenvalue weighted by Gasteiger charge is 2.19. The topological polar surface area (TPSA) is 97.2 Å². The lowest BCUT2D eigenvalue weighted by molar-refractivity contribution is -0.116. The zero-order valence-electron chi connectivity index (χ0n) is 14.0. The summed E-state index contributed by atoms with van der Waals surface area (Å²) in [6.07, 6.45) is 1.35. The summed E-state index contributed by atoms with van der Waals surface area (Å²) in [4.78, 5) is 11.1. The van der Waals surface area contributed by atoms with E-state index in [4.69, 9.17) is 15.8 Å².